The second-order valence-corrected chi connectivity index (χ2v) is 6.22. The van der Waals surface area contributed by atoms with Crippen molar-refractivity contribution >= 4 is 29.1 Å². The van der Waals surface area contributed by atoms with Gasteiger partial charge in [0.15, 0.2) is 0 Å². The van der Waals surface area contributed by atoms with Crippen molar-refractivity contribution < 1.29 is 9.59 Å². The van der Waals surface area contributed by atoms with Crippen molar-refractivity contribution in [1.82, 2.24) is 4.90 Å². The summed E-state index contributed by atoms with van der Waals surface area (Å²) in [6.45, 7) is 5.49. The van der Waals surface area contributed by atoms with Crippen molar-refractivity contribution in [3.63, 3.8) is 0 Å². The van der Waals surface area contributed by atoms with E-state index in [2.05, 4.69) is 5.32 Å². The molecule has 0 radical (unpaired) electrons. The predicted molar refractivity (Wildman–Crippen MR) is 88.9 cm³/mol. The van der Waals surface area contributed by atoms with Crippen LogP contribution < -0.4 is 5.32 Å². The number of carbonyl (C=O) groups is 2. The predicted octanol–water partition coefficient (Wildman–Crippen LogP) is 3.71. The summed E-state index contributed by atoms with van der Waals surface area (Å²) >= 11 is 6.07. The SMILES string of the molecule is CCCN(CCC)C(=O)C1(C(=O)Nc2ccccc2Cl)CC1. The molecule has 1 saturated carbocycles. The lowest BCUT2D eigenvalue weighted by atomic mass is 10.0. The maximum atomic E-state index is 12.8. The van der Waals surface area contributed by atoms with Gasteiger partial charge in [-0.2, -0.15) is 0 Å². The lowest BCUT2D eigenvalue weighted by molar-refractivity contribution is -0.142. The molecule has 1 aliphatic carbocycles. The minimum Gasteiger partial charge on any atom is -0.342 e. The average Bonchev–Trinajstić information content (AvgIpc) is 3.30. The van der Waals surface area contributed by atoms with Gasteiger partial charge in [-0.15, -0.1) is 0 Å². The molecule has 0 heterocycles. The number of rotatable bonds is 7. The summed E-state index contributed by atoms with van der Waals surface area (Å²) < 4.78 is 0. The summed E-state index contributed by atoms with van der Waals surface area (Å²) in [5.74, 6) is -0.274. The summed E-state index contributed by atoms with van der Waals surface area (Å²) in [6.07, 6.45) is 3.03. The van der Waals surface area contributed by atoms with Gasteiger partial charge < -0.3 is 10.2 Å². The van der Waals surface area contributed by atoms with Crippen LogP contribution in [-0.4, -0.2) is 29.8 Å². The van der Waals surface area contributed by atoms with Crippen LogP contribution in [-0.2, 0) is 9.59 Å². The molecule has 1 N–H and O–H groups in total. The minimum absolute atomic E-state index is 0.0410. The fraction of sp³-hybridized carbons (Fsp3) is 0.529. The van der Waals surface area contributed by atoms with Gasteiger partial charge >= 0.3 is 0 Å². The van der Waals surface area contributed by atoms with Crippen molar-refractivity contribution in [1.29, 1.82) is 0 Å². The minimum atomic E-state index is -0.885. The molecule has 120 valence electrons. The van der Waals surface area contributed by atoms with Gasteiger partial charge in [-0.1, -0.05) is 37.6 Å². The molecule has 22 heavy (non-hydrogen) atoms. The Kier molecular flexibility index (Phi) is 5.46. The third-order valence-electron chi connectivity index (χ3n) is 3.99. The third kappa shape index (κ3) is 3.43. The highest BCUT2D eigenvalue weighted by Gasteiger charge is 2.57. The Balaban J connectivity index is 2.11. The zero-order valence-electron chi connectivity index (χ0n) is 13.2. The van der Waals surface area contributed by atoms with Crippen LogP contribution in [0.1, 0.15) is 39.5 Å². The van der Waals surface area contributed by atoms with Gasteiger partial charge in [0.2, 0.25) is 11.8 Å². The van der Waals surface area contributed by atoms with Gasteiger partial charge in [0.05, 0.1) is 10.7 Å². The van der Waals surface area contributed by atoms with Crippen LogP contribution in [0.5, 0.6) is 0 Å². The summed E-state index contributed by atoms with van der Waals surface area (Å²) in [7, 11) is 0. The number of anilines is 1. The molecule has 0 aromatic heterocycles. The topological polar surface area (TPSA) is 49.4 Å². The maximum absolute atomic E-state index is 12.8. The van der Waals surface area contributed by atoms with Crippen LogP contribution in [0.25, 0.3) is 0 Å². The third-order valence-corrected chi connectivity index (χ3v) is 4.32. The molecular formula is C17H23ClN2O2. The number of para-hydroxylation sites is 1. The van der Waals surface area contributed by atoms with Crippen LogP contribution in [0.2, 0.25) is 5.02 Å². The zero-order chi connectivity index (χ0) is 16.2. The molecular weight excluding hydrogens is 300 g/mol. The van der Waals surface area contributed by atoms with E-state index in [1.165, 1.54) is 0 Å². The van der Waals surface area contributed by atoms with E-state index < -0.39 is 5.41 Å². The molecule has 0 unspecified atom stereocenters. The smallest absolute Gasteiger partial charge is 0.240 e. The summed E-state index contributed by atoms with van der Waals surface area (Å²) in [6, 6.07) is 7.08. The van der Waals surface area contributed by atoms with Crippen molar-refractivity contribution in [3.8, 4) is 0 Å². The van der Waals surface area contributed by atoms with Crippen LogP contribution in [0.4, 0.5) is 5.69 Å². The first-order chi connectivity index (χ1) is 10.5. The zero-order valence-corrected chi connectivity index (χ0v) is 13.9. The fourth-order valence-electron chi connectivity index (χ4n) is 2.62. The summed E-state index contributed by atoms with van der Waals surface area (Å²) in [4.78, 5) is 27.2. The molecule has 1 aromatic rings. The van der Waals surface area contributed by atoms with Crippen molar-refractivity contribution in [2.45, 2.75) is 39.5 Å². The second kappa shape index (κ2) is 7.14. The molecule has 1 fully saturated rings. The maximum Gasteiger partial charge on any atom is 0.240 e. The fourth-order valence-corrected chi connectivity index (χ4v) is 2.81. The molecule has 0 spiro atoms. The van der Waals surface area contributed by atoms with E-state index in [1.807, 2.05) is 24.8 Å². The van der Waals surface area contributed by atoms with Gasteiger partial charge in [-0.05, 0) is 37.8 Å². The van der Waals surface area contributed by atoms with E-state index in [1.54, 1.807) is 18.2 Å². The normalized spacial score (nSPS) is 15.2. The number of hydrogen-bond donors (Lipinski definition) is 1. The second-order valence-electron chi connectivity index (χ2n) is 5.81. The van der Waals surface area contributed by atoms with Crippen molar-refractivity contribution in [2.75, 3.05) is 18.4 Å². The number of amides is 2. The Morgan fingerprint density at radius 1 is 1.18 bits per heavy atom. The highest BCUT2D eigenvalue weighted by atomic mass is 35.5. The lowest BCUT2D eigenvalue weighted by Gasteiger charge is -2.26. The van der Waals surface area contributed by atoms with E-state index in [4.69, 9.17) is 11.6 Å². The van der Waals surface area contributed by atoms with E-state index in [0.717, 1.165) is 12.8 Å². The Bertz CT molecular complexity index is 549. The molecule has 4 nitrogen and oxygen atoms in total. The number of carbonyl (C=O) groups excluding carboxylic acids is 2. The number of nitrogens with zero attached hydrogens (tertiary/aromatic N) is 1. The Labute approximate surface area is 136 Å². The average molecular weight is 323 g/mol. The van der Waals surface area contributed by atoms with Gasteiger partial charge in [0, 0.05) is 13.1 Å². The highest BCUT2D eigenvalue weighted by molar-refractivity contribution is 6.34. The van der Waals surface area contributed by atoms with E-state index in [0.29, 0.717) is 36.6 Å². The number of nitrogens with one attached hydrogen (secondary N) is 1. The first kappa shape index (κ1) is 16.8. The lowest BCUT2D eigenvalue weighted by Crippen LogP contribution is -2.43. The molecule has 0 saturated heterocycles. The molecule has 0 aliphatic heterocycles. The van der Waals surface area contributed by atoms with E-state index in [-0.39, 0.29) is 11.8 Å². The largest absolute Gasteiger partial charge is 0.342 e. The van der Waals surface area contributed by atoms with Crippen LogP contribution in [0.15, 0.2) is 24.3 Å². The van der Waals surface area contributed by atoms with Gasteiger partial charge in [0.1, 0.15) is 5.41 Å². The summed E-state index contributed by atoms with van der Waals surface area (Å²) in [5.41, 5.74) is -0.325. The van der Waals surface area contributed by atoms with Gasteiger partial charge in [-0.25, -0.2) is 0 Å². The number of hydrogen-bond acceptors (Lipinski definition) is 2. The molecule has 5 heteroatoms. The van der Waals surface area contributed by atoms with E-state index >= 15 is 0 Å². The van der Waals surface area contributed by atoms with Crippen LogP contribution in [0.3, 0.4) is 0 Å². The molecule has 1 aromatic carbocycles. The van der Waals surface area contributed by atoms with Gasteiger partial charge in [-0.3, -0.25) is 9.59 Å². The summed E-state index contributed by atoms with van der Waals surface area (Å²) in [5, 5.41) is 3.30. The Morgan fingerprint density at radius 3 is 2.27 bits per heavy atom. The molecule has 0 bridgehead atoms. The van der Waals surface area contributed by atoms with Crippen LogP contribution >= 0.6 is 11.6 Å². The first-order valence-electron chi connectivity index (χ1n) is 7.90. The quantitative estimate of drug-likeness (QED) is 0.778. The van der Waals surface area contributed by atoms with Crippen molar-refractivity contribution in [3.05, 3.63) is 29.3 Å². The number of benzene rings is 1. The molecule has 2 amide bonds. The Hall–Kier alpha value is -1.55. The standard InChI is InChI=1S/C17H23ClN2O2/c1-3-11-20(12-4-2)16(22)17(9-10-17)15(21)19-14-8-6-5-7-13(14)18/h5-8H,3-4,9-12H2,1-2H3,(H,19,21). The highest BCUT2D eigenvalue weighted by Crippen LogP contribution is 2.48. The molecule has 0 atom stereocenters. The molecule has 2 rings (SSSR count). The van der Waals surface area contributed by atoms with Gasteiger partial charge in [0.25, 0.3) is 0 Å². The number of halogens is 1. The van der Waals surface area contributed by atoms with Crippen molar-refractivity contribution in [2.24, 2.45) is 5.41 Å². The Morgan fingerprint density at radius 2 is 1.77 bits per heavy atom. The van der Waals surface area contributed by atoms with Crippen LogP contribution in [0, 0.1) is 5.41 Å². The molecule has 1 aliphatic rings. The van der Waals surface area contributed by atoms with E-state index in [9.17, 15) is 9.59 Å². The first-order valence-corrected chi connectivity index (χ1v) is 8.28. The monoisotopic (exact) mass is 322 g/mol.